The van der Waals surface area contributed by atoms with E-state index in [1.54, 1.807) is 25.2 Å². The number of amides is 2. The third-order valence-electron chi connectivity index (χ3n) is 1.98. The van der Waals surface area contributed by atoms with Gasteiger partial charge in [0.25, 0.3) is 0 Å². The monoisotopic (exact) mass is 240 g/mol. The fourth-order valence-electron chi connectivity index (χ4n) is 1.23. The van der Waals surface area contributed by atoms with E-state index in [0.717, 1.165) is 5.56 Å². The standard InChI is InChI=1S/C11H13ClN2O2/c1-13-10(15)6-8-3-2-4-9(5-8)14-11(16)7-12/h2-5H,6-7H2,1H3,(H,13,15)(H,14,16). The zero-order chi connectivity index (χ0) is 12.0. The highest BCUT2D eigenvalue weighted by Gasteiger charge is 2.03. The Bertz CT molecular complexity index is 360. The maximum absolute atomic E-state index is 11.2. The highest BCUT2D eigenvalue weighted by molar-refractivity contribution is 6.29. The molecule has 5 heteroatoms. The molecule has 0 spiro atoms. The van der Waals surface area contributed by atoms with E-state index in [4.69, 9.17) is 11.6 Å². The highest BCUT2D eigenvalue weighted by atomic mass is 35.5. The third-order valence-corrected chi connectivity index (χ3v) is 2.22. The second-order valence-electron chi connectivity index (χ2n) is 3.23. The molecule has 0 aliphatic carbocycles. The van der Waals surface area contributed by atoms with Gasteiger partial charge in [0.2, 0.25) is 11.8 Å². The molecule has 2 N–H and O–H groups in total. The van der Waals surface area contributed by atoms with E-state index in [1.807, 2.05) is 6.07 Å². The number of likely N-dealkylation sites (N-methyl/N-ethyl adjacent to an activating group) is 1. The zero-order valence-corrected chi connectivity index (χ0v) is 9.67. The molecule has 0 unspecified atom stereocenters. The van der Waals surface area contributed by atoms with Crippen LogP contribution in [0.5, 0.6) is 0 Å². The van der Waals surface area contributed by atoms with Crippen LogP contribution in [0.4, 0.5) is 5.69 Å². The van der Waals surface area contributed by atoms with E-state index in [-0.39, 0.29) is 17.7 Å². The molecule has 0 bridgehead atoms. The van der Waals surface area contributed by atoms with Crippen LogP contribution in [-0.2, 0) is 16.0 Å². The van der Waals surface area contributed by atoms with Crippen molar-refractivity contribution < 1.29 is 9.59 Å². The first-order chi connectivity index (χ1) is 7.65. The second kappa shape index (κ2) is 6.12. The molecule has 0 radical (unpaired) electrons. The molecule has 16 heavy (non-hydrogen) atoms. The fourth-order valence-corrected chi connectivity index (χ4v) is 1.29. The summed E-state index contributed by atoms with van der Waals surface area (Å²) in [6.45, 7) is 0. The SMILES string of the molecule is CNC(=O)Cc1cccc(NC(=O)CCl)c1. The molecule has 0 aliphatic rings. The van der Waals surface area contributed by atoms with Crippen molar-refractivity contribution in [3.05, 3.63) is 29.8 Å². The van der Waals surface area contributed by atoms with E-state index >= 15 is 0 Å². The summed E-state index contributed by atoms with van der Waals surface area (Å²) in [5, 5.41) is 5.16. The van der Waals surface area contributed by atoms with Gasteiger partial charge in [0.05, 0.1) is 6.42 Å². The van der Waals surface area contributed by atoms with Crippen molar-refractivity contribution in [2.75, 3.05) is 18.2 Å². The smallest absolute Gasteiger partial charge is 0.239 e. The fraction of sp³-hybridized carbons (Fsp3) is 0.273. The van der Waals surface area contributed by atoms with Crippen LogP contribution < -0.4 is 10.6 Å². The second-order valence-corrected chi connectivity index (χ2v) is 3.50. The first-order valence-corrected chi connectivity index (χ1v) is 5.34. The molecule has 1 aromatic rings. The van der Waals surface area contributed by atoms with Crippen molar-refractivity contribution in [2.24, 2.45) is 0 Å². The summed E-state index contributed by atoms with van der Waals surface area (Å²) >= 11 is 5.37. The van der Waals surface area contributed by atoms with Gasteiger partial charge in [0.15, 0.2) is 0 Å². The predicted molar refractivity (Wildman–Crippen MR) is 63.6 cm³/mol. The zero-order valence-electron chi connectivity index (χ0n) is 8.92. The normalized spacial score (nSPS) is 9.62. The van der Waals surface area contributed by atoms with Gasteiger partial charge in [-0.25, -0.2) is 0 Å². The number of alkyl halides is 1. The summed E-state index contributed by atoms with van der Waals surface area (Å²) in [5.41, 5.74) is 1.48. The minimum atomic E-state index is -0.265. The lowest BCUT2D eigenvalue weighted by atomic mass is 10.1. The lowest BCUT2D eigenvalue weighted by Crippen LogP contribution is -2.20. The minimum absolute atomic E-state index is 0.0687. The Kier molecular flexibility index (Phi) is 4.79. The Balaban J connectivity index is 2.71. The first-order valence-electron chi connectivity index (χ1n) is 4.81. The van der Waals surface area contributed by atoms with E-state index in [2.05, 4.69) is 10.6 Å². The van der Waals surface area contributed by atoms with Crippen molar-refractivity contribution in [3.8, 4) is 0 Å². The van der Waals surface area contributed by atoms with Crippen molar-refractivity contribution in [1.82, 2.24) is 5.32 Å². The van der Waals surface area contributed by atoms with Gasteiger partial charge >= 0.3 is 0 Å². The minimum Gasteiger partial charge on any atom is -0.359 e. The largest absolute Gasteiger partial charge is 0.359 e. The van der Waals surface area contributed by atoms with Gasteiger partial charge in [-0.3, -0.25) is 9.59 Å². The number of nitrogens with one attached hydrogen (secondary N) is 2. The van der Waals surface area contributed by atoms with E-state index in [9.17, 15) is 9.59 Å². The number of carbonyl (C=O) groups excluding carboxylic acids is 2. The topological polar surface area (TPSA) is 58.2 Å². The van der Waals surface area contributed by atoms with E-state index < -0.39 is 0 Å². The predicted octanol–water partition coefficient (Wildman–Crippen LogP) is 1.15. The summed E-state index contributed by atoms with van der Waals surface area (Å²) in [4.78, 5) is 22.2. The molecule has 0 atom stereocenters. The van der Waals surface area contributed by atoms with Gasteiger partial charge in [-0.05, 0) is 17.7 Å². The molecule has 4 nitrogen and oxygen atoms in total. The molecular weight excluding hydrogens is 228 g/mol. The van der Waals surface area contributed by atoms with Crippen LogP contribution in [0.3, 0.4) is 0 Å². The summed E-state index contributed by atoms with van der Waals surface area (Å²) in [7, 11) is 1.58. The van der Waals surface area contributed by atoms with Crippen molar-refractivity contribution in [2.45, 2.75) is 6.42 Å². The number of carbonyl (C=O) groups is 2. The number of anilines is 1. The van der Waals surface area contributed by atoms with Crippen LogP contribution in [-0.4, -0.2) is 24.7 Å². The molecular formula is C11H13ClN2O2. The quantitative estimate of drug-likeness (QED) is 0.776. The average molecular weight is 241 g/mol. The average Bonchev–Trinajstić information content (AvgIpc) is 2.29. The third kappa shape index (κ3) is 3.90. The molecule has 1 aromatic carbocycles. The molecule has 86 valence electrons. The number of halogens is 1. The van der Waals surface area contributed by atoms with Crippen LogP contribution in [0.1, 0.15) is 5.56 Å². The van der Waals surface area contributed by atoms with Gasteiger partial charge in [-0.2, -0.15) is 0 Å². The molecule has 0 saturated heterocycles. The van der Waals surface area contributed by atoms with Crippen molar-refractivity contribution >= 4 is 29.1 Å². The Labute approximate surface area is 99.0 Å². The Hall–Kier alpha value is -1.55. The molecule has 2 amide bonds. The van der Waals surface area contributed by atoms with Crippen molar-refractivity contribution in [1.29, 1.82) is 0 Å². The maximum Gasteiger partial charge on any atom is 0.239 e. The van der Waals surface area contributed by atoms with E-state index in [1.165, 1.54) is 0 Å². The van der Waals surface area contributed by atoms with Crippen LogP contribution in [0.25, 0.3) is 0 Å². The van der Waals surface area contributed by atoms with Crippen LogP contribution in [0.15, 0.2) is 24.3 Å². The molecule has 1 rings (SSSR count). The van der Waals surface area contributed by atoms with Crippen molar-refractivity contribution in [3.63, 3.8) is 0 Å². The molecule has 0 fully saturated rings. The van der Waals surface area contributed by atoms with E-state index in [0.29, 0.717) is 12.1 Å². The number of rotatable bonds is 4. The highest BCUT2D eigenvalue weighted by Crippen LogP contribution is 2.11. The number of hydrogen-bond acceptors (Lipinski definition) is 2. The van der Waals surface area contributed by atoms with Gasteiger partial charge in [-0.1, -0.05) is 12.1 Å². The van der Waals surface area contributed by atoms with Crippen LogP contribution >= 0.6 is 11.6 Å². The number of hydrogen-bond donors (Lipinski definition) is 2. The summed E-state index contributed by atoms with van der Waals surface area (Å²) in [6.07, 6.45) is 0.293. The molecule has 0 aliphatic heterocycles. The summed E-state index contributed by atoms with van der Waals surface area (Å²) in [6, 6.07) is 7.10. The molecule has 0 heterocycles. The van der Waals surface area contributed by atoms with Crippen LogP contribution in [0.2, 0.25) is 0 Å². The molecule has 0 saturated carbocycles. The number of benzene rings is 1. The summed E-state index contributed by atoms with van der Waals surface area (Å²) < 4.78 is 0. The van der Waals surface area contributed by atoms with Crippen LogP contribution in [0, 0.1) is 0 Å². The lowest BCUT2D eigenvalue weighted by Gasteiger charge is -2.05. The Morgan fingerprint density at radius 1 is 1.31 bits per heavy atom. The lowest BCUT2D eigenvalue weighted by molar-refractivity contribution is -0.120. The maximum atomic E-state index is 11.2. The van der Waals surface area contributed by atoms with Gasteiger partial charge in [0, 0.05) is 12.7 Å². The van der Waals surface area contributed by atoms with Gasteiger partial charge in [-0.15, -0.1) is 11.6 Å². The first kappa shape index (κ1) is 12.5. The molecule has 0 aromatic heterocycles. The summed E-state index contributed by atoms with van der Waals surface area (Å²) in [5.74, 6) is -0.417. The van der Waals surface area contributed by atoms with Gasteiger partial charge < -0.3 is 10.6 Å². The Morgan fingerprint density at radius 3 is 2.69 bits per heavy atom. The van der Waals surface area contributed by atoms with Gasteiger partial charge in [0.1, 0.15) is 5.88 Å². The Morgan fingerprint density at radius 2 is 2.06 bits per heavy atom.